The Morgan fingerprint density at radius 3 is 1.85 bits per heavy atom. The van der Waals surface area contributed by atoms with Gasteiger partial charge in [-0.25, -0.2) is 8.78 Å². The minimum absolute atomic E-state index is 0.0592. The molecule has 106 valence electrons. The summed E-state index contributed by atoms with van der Waals surface area (Å²) in [5.74, 6) is 0.830. The van der Waals surface area contributed by atoms with Gasteiger partial charge in [0.1, 0.15) is 5.75 Å². The molecular formula is C16H17F2NO. The Morgan fingerprint density at radius 1 is 0.900 bits per heavy atom. The molecule has 0 heterocycles. The Labute approximate surface area is 117 Å². The van der Waals surface area contributed by atoms with E-state index >= 15 is 0 Å². The molecule has 0 atom stereocenters. The molecule has 0 bridgehead atoms. The maximum atomic E-state index is 12.4. The highest BCUT2D eigenvalue weighted by Crippen LogP contribution is 2.18. The topological polar surface area (TPSA) is 21.3 Å². The molecule has 1 N–H and O–H groups in total. The smallest absolute Gasteiger partial charge is 0.263 e. The van der Waals surface area contributed by atoms with Crippen molar-refractivity contribution >= 4 is 0 Å². The standard InChI is InChI=1S/C16H17F2NO/c1-20-15-8-4-13(5-9-15)11-19-10-12-2-6-14(7-3-12)16(17)18/h2-9,16,19H,10-11H2,1H3. The maximum Gasteiger partial charge on any atom is 0.263 e. The number of alkyl halides is 2. The summed E-state index contributed by atoms with van der Waals surface area (Å²) in [5.41, 5.74) is 2.20. The van der Waals surface area contributed by atoms with Gasteiger partial charge in [0.15, 0.2) is 0 Å². The highest BCUT2D eigenvalue weighted by Gasteiger charge is 2.05. The lowest BCUT2D eigenvalue weighted by Crippen LogP contribution is -2.12. The number of hydrogen-bond donors (Lipinski definition) is 1. The summed E-state index contributed by atoms with van der Waals surface area (Å²) in [6.45, 7) is 1.37. The largest absolute Gasteiger partial charge is 0.497 e. The van der Waals surface area contributed by atoms with Crippen molar-refractivity contribution in [3.05, 3.63) is 65.2 Å². The summed E-state index contributed by atoms with van der Waals surface area (Å²) in [4.78, 5) is 0. The van der Waals surface area contributed by atoms with Crippen molar-refractivity contribution in [2.75, 3.05) is 7.11 Å². The molecule has 4 heteroatoms. The van der Waals surface area contributed by atoms with E-state index in [0.29, 0.717) is 6.54 Å². The molecule has 0 aliphatic rings. The molecule has 2 aromatic carbocycles. The summed E-state index contributed by atoms with van der Waals surface area (Å²) in [6, 6.07) is 14.2. The molecular weight excluding hydrogens is 260 g/mol. The number of rotatable bonds is 6. The van der Waals surface area contributed by atoms with Crippen LogP contribution in [-0.4, -0.2) is 7.11 Å². The van der Waals surface area contributed by atoms with Gasteiger partial charge in [-0.05, 0) is 23.3 Å². The van der Waals surface area contributed by atoms with Crippen LogP contribution in [0.1, 0.15) is 23.1 Å². The summed E-state index contributed by atoms with van der Waals surface area (Å²) >= 11 is 0. The lowest BCUT2D eigenvalue weighted by atomic mass is 10.1. The van der Waals surface area contributed by atoms with E-state index in [-0.39, 0.29) is 5.56 Å². The fraction of sp³-hybridized carbons (Fsp3) is 0.250. The van der Waals surface area contributed by atoms with Gasteiger partial charge in [0.05, 0.1) is 7.11 Å². The van der Waals surface area contributed by atoms with Gasteiger partial charge in [0.25, 0.3) is 6.43 Å². The van der Waals surface area contributed by atoms with Crippen LogP contribution in [0.5, 0.6) is 5.75 Å². The number of hydrogen-bond acceptors (Lipinski definition) is 2. The lowest BCUT2D eigenvalue weighted by Gasteiger charge is -2.07. The Hall–Kier alpha value is -1.94. The summed E-state index contributed by atoms with van der Waals surface area (Å²) in [5, 5.41) is 3.28. The fourth-order valence-corrected chi connectivity index (χ4v) is 1.88. The average molecular weight is 277 g/mol. The van der Waals surface area contributed by atoms with Gasteiger partial charge in [-0.15, -0.1) is 0 Å². The second-order valence-corrected chi connectivity index (χ2v) is 4.49. The van der Waals surface area contributed by atoms with Crippen LogP contribution >= 0.6 is 0 Å². The second kappa shape index (κ2) is 7.01. The summed E-state index contributed by atoms with van der Waals surface area (Å²) in [6.07, 6.45) is -2.41. The molecule has 2 nitrogen and oxygen atoms in total. The van der Waals surface area contributed by atoms with Crippen LogP contribution in [0.3, 0.4) is 0 Å². The number of ether oxygens (including phenoxy) is 1. The van der Waals surface area contributed by atoms with Gasteiger partial charge in [-0.3, -0.25) is 0 Å². The Balaban J connectivity index is 1.82. The summed E-state index contributed by atoms with van der Waals surface area (Å²) in [7, 11) is 1.64. The maximum absolute atomic E-state index is 12.4. The predicted octanol–water partition coefficient (Wildman–Crippen LogP) is 3.92. The van der Waals surface area contributed by atoms with E-state index in [9.17, 15) is 8.78 Å². The minimum Gasteiger partial charge on any atom is -0.497 e. The fourth-order valence-electron chi connectivity index (χ4n) is 1.88. The lowest BCUT2D eigenvalue weighted by molar-refractivity contribution is 0.151. The Kier molecular flexibility index (Phi) is 5.07. The third-order valence-corrected chi connectivity index (χ3v) is 3.05. The molecule has 2 rings (SSSR count). The van der Waals surface area contributed by atoms with Crippen molar-refractivity contribution < 1.29 is 13.5 Å². The van der Waals surface area contributed by atoms with E-state index in [2.05, 4.69) is 5.32 Å². The van der Waals surface area contributed by atoms with E-state index in [1.54, 1.807) is 19.2 Å². The quantitative estimate of drug-likeness (QED) is 0.864. The first-order chi connectivity index (χ1) is 9.69. The average Bonchev–Trinajstić information content (AvgIpc) is 2.48. The molecule has 0 saturated heterocycles. The van der Waals surface area contributed by atoms with Crippen LogP contribution in [0.25, 0.3) is 0 Å². The first-order valence-electron chi connectivity index (χ1n) is 6.39. The van der Waals surface area contributed by atoms with Crippen molar-refractivity contribution in [1.29, 1.82) is 0 Å². The molecule has 0 fully saturated rings. The number of halogens is 2. The molecule has 0 aromatic heterocycles. The third kappa shape index (κ3) is 4.03. The molecule has 0 radical (unpaired) electrons. The minimum atomic E-state index is -2.41. The van der Waals surface area contributed by atoms with E-state index in [4.69, 9.17) is 4.74 Å². The monoisotopic (exact) mass is 277 g/mol. The molecule has 20 heavy (non-hydrogen) atoms. The third-order valence-electron chi connectivity index (χ3n) is 3.05. The number of nitrogens with one attached hydrogen (secondary N) is 1. The second-order valence-electron chi connectivity index (χ2n) is 4.49. The van der Waals surface area contributed by atoms with E-state index in [1.165, 1.54) is 12.1 Å². The molecule has 0 amide bonds. The molecule has 0 aliphatic carbocycles. The van der Waals surface area contributed by atoms with Gasteiger partial charge in [-0.2, -0.15) is 0 Å². The molecule has 2 aromatic rings. The van der Waals surface area contributed by atoms with Crippen LogP contribution < -0.4 is 10.1 Å². The van der Waals surface area contributed by atoms with Crippen molar-refractivity contribution in [2.24, 2.45) is 0 Å². The van der Waals surface area contributed by atoms with E-state index in [0.717, 1.165) is 23.4 Å². The normalized spacial score (nSPS) is 10.8. The van der Waals surface area contributed by atoms with Gasteiger partial charge in [-0.1, -0.05) is 36.4 Å². The van der Waals surface area contributed by atoms with Crippen molar-refractivity contribution in [2.45, 2.75) is 19.5 Å². The van der Waals surface area contributed by atoms with Crippen LogP contribution in [0.4, 0.5) is 8.78 Å². The van der Waals surface area contributed by atoms with Gasteiger partial charge in [0, 0.05) is 18.7 Å². The van der Waals surface area contributed by atoms with Gasteiger partial charge >= 0.3 is 0 Å². The van der Waals surface area contributed by atoms with Crippen LogP contribution in [-0.2, 0) is 13.1 Å². The predicted molar refractivity (Wildman–Crippen MR) is 74.9 cm³/mol. The molecule has 0 aliphatic heterocycles. The number of methoxy groups -OCH3 is 1. The Morgan fingerprint density at radius 2 is 1.40 bits per heavy atom. The zero-order valence-corrected chi connectivity index (χ0v) is 11.3. The van der Waals surface area contributed by atoms with Gasteiger partial charge in [0.2, 0.25) is 0 Å². The zero-order valence-electron chi connectivity index (χ0n) is 11.3. The van der Waals surface area contributed by atoms with Gasteiger partial charge < -0.3 is 10.1 Å². The van der Waals surface area contributed by atoms with Crippen molar-refractivity contribution in [3.63, 3.8) is 0 Å². The highest BCUT2D eigenvalue weighted by molar-refractivity contribution is 5.27. The van der Waals surface area contributed by atoms with Crippen molar-refractivity contribution in [1.82, 2.24) is 5.32 Å². The van der Waals surface area contributed by atoms with Crippen molar-refractivity contribution in [3.8, 4) is 5.75 Å². The zero-order chi connectivity index (χ0) is 14.4. The first-order valence-corrected chi connectivity index (χ1v) is 6.39. The molecule has 0 unspecified atom stereocenters. The number of benzene rings is 2. The van der Waals surface area contributed by atoms with Crippen LogP contribution in [0.15, 0.2) is 48.5 Å². The van der Waals surface area contributed by atoms with Crippen LogP contribution in [0, 0.1) is 0 Å². The highest BCUT2D eigenvalue weighted by atomic mass is 19.3. The molecule has 0 spiro atoms. The van der Waals surface area contributed by atoms with Crippen LogP contribution in [0.2, 0.25) is 0 Å². The molecule has 0 saturated carbocycles. The first kappa shape index (κ1) is 14.5. The summed E-state index contributed by atoms with van der Waals surface area (Å²) < 4.78 is 29.9. The SMILES string of the molecule is COc1ccc(CNCc2ccc(C(F)F)cc2)cc1. The Bertz CT molecular complexity index is 523. The van der Waals surface area contributed by atoms with E-state index in [1.807, 2.05) is 24.3 Å². The van der Waals surface area contributed by atoms with E-state index < -0.39 is 6.43 Å².